The zero-order chi connectivity index (χ0) is 22.7. The fraction of sp³-hybridized carbons (Fsp3) is 0.409. The number of nitrogens with zero attached hydrogens (tertiary/aromatic N) is 3. The maximum absolute atomic E-state index is 13.1. The topological polar surface area (TPSA) is 98.0 Å². The van der Waals surface area contributed by atoms with Crippen LogP contribution in [0.15, 0.2) is 30.5 Å². The highest BCUT2D eigenvalue weighted by Gasteiger charge is 2.31. The highest BCUT2D eigenvalue weighted by Crippen LogP contribution is 2.32. The number of alkyl halides is 3. The first kappa shape index (κ1) is 22.1. The van der Waals surface area contributed by atoms with Gasteiger partial charge < -0.3 is 21.1 Å². The summed E-state index contributed by atoms with van der Waals surface area (Å²) in [6, 6.07) is 5.62. The van der Waals surface area contributed by atoms with Crippen LogP contribution in [0, 0.1) is 0 Å². The lowest BCUT2D eigenvalue weighted by molar-refractivity contribution is -0.137. The smallest absolute Gasteiger partial charge is 0.399 e. The number of aromatic nitrogens is 3. The van der Waals surface area contributed by atoms with Gasteiger partial charge in [-0.1, -0.05) is 0 Å². The first-order chi connectivity index (χ1) is 15.3. The van der Waals surface area contributed by atoms with E-state index in [1.165, 1.54) is 0 Å². The number of hydrogen-bond acceptors (Lipinski definition) is 7. The molecule has 0 radical (unpaired) electrons. The van der Waals surface area contributed by atoms with E-state index < -0.39 is 11.7 Å². The molecule has 4 rings (SSSR count). The van der Waals surface area contributed by atoms with Gasteiger partial charge in [0.05, 0.1) is 17.3 Å². The summed E-state index contributed by atoms with van der Waals surface area (Å²) in [5.41, 5.74) is 7.17. The molecule has 1 saturated heterocycles. The summed E-state index contributed by atoms with van der Waals surface area (Å²) in [5.74, 6) is 1.36. The van der Waals surface area contributed by atoms with E-state index in [0.29, 0.717) is 54.9 Å². The minimum absolute atomic E-state index is 0.0898. The molecule has 10 heteroatoms. The molecule has 0 atom stereocenters. The van der Waals surface area contributed by atoms with Crippen LogP contribution in [0.4, 0.5) is 30.6 Å². The van der Waals surface area contributed by atoms with Crippen LogP contribution >= 0.6 is 0 Å². The van der Waals surface area contributed by atoms with Crippen molar-refractivity contribution >= 4 is 28.4 Å². The van der Waals surface area contributed by atoms with Gasteiger partial charge in [0.15, 0.2) is 0 Å². The Bertz CT molecular complexity index is 1100. The molecule has 1 fully saturated rings. The van der Waals surface area contributed by atoms with E-state index in [0.717, 1.165) is 36.1 Å². The summed E-state index contributed by atoms with van der Waals surface area (Å²) in [5, 5.41) is 7.01. The van der Waals surface area contributed by atoms with Crippen molar-refractivity contribution < 1.29 is 17.9 Å². The first-order valence-corrected chi connectivity index (χ1v) is 10.5. The summed E-state index contributed by atoms with van der Waals surface area (Å²) < 4.78 is 44.7. The molecule has 0 amide bonds. The van der Waals surface area contributed by atoms with Crippen LogP contribution in [-0.4, -0.2) is 41.8 Å². The molecule has 0 spiro atoms. The predicted molar refractivity (Wildman–Crippen MR) is 118 cm³/mol. The number of benzene rings is 1. The van der Waals surface area contributed by atoms with E-state index in [9.17, 15) is 13.2 Å². The number of halogens is 3. The Labute approximate surface area is 183 Å². The molecular formula is C22H25F3N6O. The first-order valence-electron chi connectivity index (χ1n) is 10.5. The Morgan fingerprint density at radius 2 is 1.91 bits per heavy atom. The van der Waals surface area contributed by atoms with Crippen molar-refractivity contribution in [3.05, 3.63) is 47.3 Å². The van der Waals surface area contributed by atoms with Crippen LogP contribution < -0.4 is 16.4 Å². The van der Waals surface area contributed by atoms with Crippen molar-refractivity contribution in [2.24, 2.45) is 0 Å². The molecule has 0 bridgehead atoms. The fourth-order valence-electron chi connectivity index (χ4n) is 3.86. The highest BCUT2D eigenvalue weighted by atomic mass is 19.4. The number of nitrogen functional groups attached to an aromatic ring is 1. The Kier molecular flexibility index (Phi) is 6.31. The molecule has 3 heterocycles. The van der Waals surface area contributed by atoms with Crippen LogP contribution in [0.1, 0.15) is 35.6 Å². The number of ether oxygens (including phenoxy) is 1. The molecule has 2 aromatic heterocycles. The molecule has 0 unspecified atom stereocenters. The molecule has 32 heavy (non-hydrogen) atoms. The maximum atomic E-state index is 13.1. The second-order valence-electron chi connectivity index (χ2n) is 7.80. The summed E-state index contributed by atoms with van der Waals surface area (Å²) >= 11 is 0. The summed E-state index contributed by atoms with van der Waals surface area (Å²) in [4.78, 5) is 13.6. The quantitative estimate of drug-likeness (QED) is 0.488. The molecule has 0 aliphatic carbocycles. The van der Waals surface area contributed by atoms with Crippen molar-refractivity contribution in [2.75, 3.05) is 43.2 Å². The van der Waals surface area contributed by atoms with Crippen LogP contribution in [0.3, 0.4) is 0 Å². The van der Waals surface area contributed by atoms with E-state index in [1.807, 2.05) is 6.07 Å². The fourth-order valence-corrected chi connectivity index (χ4v) is 3.86. The lowest BCUT2D eigenvalue weighted by atomic mass is 9.95. The van der Waals surface area contributed by atoms with Crippen LogP contribution in [0.2, 0.25) is 0 Å². The Morgan fingerprint density at radius 3 is 2.62 bits per heavy atom. The van der Waals surface area contributed by atoms with Crippen LogP contribution in [0.5, 0.6) is 0 Å². The van der Waals surface area contributed by atoms with Gasteiger partial charge in [0.25, 0.3) is 0 Å². The lowest BCUT2D eigenvalue weighted by Crippen LogP contribution is -2.15. The molecule has 1 aliphatic heterocycles. The number of nitrogens with two attached hydrogens (primary N) is 1. The van der Waals surface area contributed by atoms with Crippen molar-refractivity contribution in [1.82, 2.24) is 15.0 Å². The summed E-state index contributed by atoms with van der Waals surface area (Å²) in [6.07, 6.45) is -0.523. The van der Waals surface area contributed by atoms with E-state index in [-0.39, 0.29) is 5.69 Å². The Morgan fingerprint density at radius 1 is 1.12 bits per heavy atom. The Hall–Kier alpha value is -3.14. The summed E-state index contributed by atoms with van der Waals surface area (Å²) in [6.45, 7) is 1.81. The van der Waals surface area contributed by atoms with E-state index >= 15 is 0 Å². The number of hydrogen-bond donors (Lipinski definition) is 3. The van der Waals surface area contributed by atoms with Gasteiger partial charge in [-0.2, -0.15) is 18.2 Å². The number of pyridine rings is 1. The van der Waals surface area contributed by atoms with E-state index in [2.05, 4.69) is 25.6 Å². The average molecular weight is 446 g/mol. The molecule has 1 aromatic carbocycles. The van der Waals surface area contributed by atoms with Gasteiger partial charge in [0, 0.05) is 49.5 Å². The molecule has 0 saturated carbocycles. The molecule has 4 N–H and O–H groups in total. The van der Waals surface area contributed by atoms with Gasteiger partial charge in [-0.05, 0) is 49.1 Å². The van der Waals surface area contributed by atoms with Gasteiger partial charge in [-0.3, -0.25) is 4.98 Å². The monoisotopic (exact) mass is 446 g/mol. The van der Waals surface area contributed by atoms with E-state index in [4.69, 9.17) is 10.5 Å². The van der Waals surface area contributed by atoms with Crippen molar-refractivity contribution in [2.45, 2.75) is 31.4 Å². The molecule has 1 aliphatic rings. The normalized spacial score (nSPS) is 15.1. The highest BCUT2D eigenvalue weighted by molar-refractivity contribution is 5.90. The molecule has 170 valence electrons. The lowest BCUT2D eigenvalue weighted by Gasteiger charge is -2.22. The SMILES string of the molecule is CNc1nc(NCCc2cc(N)cc(C(F)(F)F)c2)c2cc(C3CCOCC3)ncc2n1. The van der Waals surface area contributed by atoms with Crippen LogP contribution in [0.25, 0.3) is 10.9 Å². The number of nitrogens with one attached hydrogen (secondary N) is 2. The summed E-state index contributed by atoms with van der Waals surface area (Å²) in [7, 11) is 1.72. The van der Waals surface area contributed by atoms with Gasteiger partial charge in [-0.25, -0.2) is 4.98 Å². The standard InChI is InChI=1S/C22H25F3N6O/c1-27-21-30-19-12-29-18(14-3-6-32-7-4-14)11-17(19)20(31-21)28-5-2-13-8-15(22(23,24)25)10-16(26)9-13/h8-12,14H,2-7,26H2,1H3,(H2,27,28,30,31). The van der Waals surface area contributed by atoms with Crippen molar-refractivity contribution in [1.29, 1.82) is 0 Å². The van der Waals surface area contributed by atoms with E-state index in [1.54, 1.807) is 19.3 Å². The minimum atomic E-state index is -4.43. The largest absolute Gasteiger partial charge is 0.416 e. The molecule has 3 aromatic rings. The third-order valence-corrected chi connectivity index (χ3v) is 5.52. The third-order valence-electron chi connectivity index (χ3n) is 5.52. The zero-order valence-electron chi connectivity index (χ0n) is 17.7. The maximum Gasteiger partial charge on any atom is 0.416 e. The minimum Gasteiger partial charge on any atom is -0.399 e. The van der Waals surface area contributed by atoms with Crippen LogP contribution in [-0.2, 0) is 17.3 Å². The molecule has 7 nitrogen and oxygen atoms in total. The van der Waals surface area contributed by atoms with Gasteiger partial charge in [0.2, 0.25) is 5.95 Å². The number of anilines is 3. The number of fused-ring (bicyclic) bond motifs is 1. The van der Waals surface area contributed by atoms with Gasteiger partial charge in [-0.15, -0.1) is 0 Å². The van der Waals surface area contributed by atoms with Crippen molar-refractivity contribution in [3.8, 4) is 0 Å². The second-order valence-corrected chi connectivity index (χ2v) is 7.80. The number of rotatable bonds is 6. The predicted octanol–water partition coefficient (Wildman–Crippen LogP) is 4.22. The second kappa shape index (κ2) is 9.15. The average Bonchev–Trinajstić information content (AvgIpc) is 2.78. The van der Waals surface area contributed by atoms with Gasteiger partial charge in [0.1, 0.15) is 5.82 Å². The third kappa shape index (κ3) is 5.01. The van der Waals surface area contributed by atoms with Gasteiger partial charge >= 0.3 is 6.18 Å². The zero-order valence-corrected chi connectivity index (χ0v) is 17.7. The van der Waals surface area contributed by atoms with Crippen molar-refractivity contribution in [3.63, 3.8) is 0 Å². The Balaban J connectivity index is 1.57. The molecular weight excluding hydrogens is 421 g/mol.